The SMILES string of the molecule is CC(C)(C)Cc1nc(-c2cccc(C(=O)NCCC3CCNC3)c2)no1.Cl. The lowest BCUT2D eigenvalue weighted by Crippen LogP contribution is -2.26. The first kappa shape index (κ1) is 21.4. The van der Waals surface area contributed by atoms with E-state index < -0.39 is 0 Å². The zero-order valence-electron chi connectivity index (χ0n) is 16.2. The minimum atomic E-state index is -0.0591. The number of amides is 1. The fourth-order valence-corrected chi connectivity index (χ4v) is 3.15. The number of hydrogen-bond acceptors (Lipinski definition) is 5. The molecule has 0 aliphatic carbocycles. The monoisotopic (exact) mass is 392 g/mol. The fourth-order valence-electron chi connectivity index (χ4n) is 3.15. The summed E-state index contributed by atoms with van der Waals surface area (Å²) < 4.78 is 5.35. The molecule has 3 rings (SSSR count). The van der Waals surface area contributed by atoms with Gasteiger partial charge in [0, 0.05) is 24.1 Å². The van der Waals surface area contributed by atoms with E-state index in [1.54, 1.807) is 0 Å². The van der Waals surface area contributed by atoms with Crippen LogP contribution in [0.2, 0.25) is 0 Å². The minimum absolute atomic E-state index is 0. The van der Waals surface area contributed by atoms with Crippen LogP contribution in [0, 0.1) is 11.3 Å². The van der Waals surface area contributed by atoms with E-state index >= 15 is 0 Å². The van der Waals surface area contributed by atoms with Gasteiger partial charge in [-0.2, -0.15) is 4.98 Å². The van der Waals surface area contributed by atoms with Gasteiger partial charge in [-0.05, 0) is 49.4 Å². The predicted octanol–water partition coefficient (Wildman–Crippen LogP) is 3.48. The lowest BCUT2D eigenvalue weighted by Gasteiger charge is -2.13. The molecule has 1 unspecified atom stereocenters. The second kappa shape index (κ2) is 9.33. The topological polar surface area (TPSA) is 80.0 Å². The van der Waals surface area contributed by atoms with Crippen molar-refractivity contribution in [2.45, 2.75) is 40.0 Å². The van der Waals surface area contributed by atoms with Crippen LogP contribution in [0.1, 0.15) is 49.9 Å². The fraction of sp³-hybridized carbons (Fsp3) is 0.550. The van der Waals surface area contributed by atoms with Gasteiger partial charge in [-0.3, -0.25) is 4.79 Å². The highest BCUT2D eigenvalue weighted by molar-refractivity contribution is 5.95. The average Bonchev–Trinajstić information content (AvgIpc) is 3.25. The normalized spacial score (nSPS) is 16.8. The number of halogens is 1. The summed E-state index contributed by atoms with van der Waals surface area (Å²) in [7, 11) is 0. The number of aromatic nitrogens is 2. The maximum absolute atomic E-state index is 12.4. The van der Waals surface area contributed by atoms with Gasteiger partial charge in [-0.25, -0.2) is 0 Å². The molecule has 148 valence electrons. The summed E-state index contributed by atoms with van der Waals surface area (Å²) in [6, 6.07) is 7.38. The van der Waals surface area contributed by atoms with Crippen LogP contribution in [0.5, 0.6) is 0 Å². The van der Waals surface area contributed by atoms with Crippen LogP contribution in [0.4, 0.5) is 0 Å². The third kappa shape index (κ3) is 6.33. The van der Waals surface area contributed by atoms with Gasteiger partial charge in [0.15, 0.2) is 0 Å². The first-order valence-electron chi connectivity index (χ1n) is 9.33. The molecule has 2 heterocycles. The van der Waals surface area contributed by atoms with Crippen LogP contribution in [0.15, 0.2) is 28.8 Å². The summed E-state index contributed by atoms with van der Waals surface area (Å²) in [5, 5.41) is 10.4. The number of nitrogens with zero attached hydrogens (tertiary/aromatic N) is 2. The lowest BCUT2D eigenvalue weighted by atomic mass is 9.92. The van der Waals surface area contributed by atoms with Crippen molar-refractivity contribution in [2.75, 3.05) is 19.6 Å². The minimum Gasteiger partial charge on any atom is -0.352 e. The smallest absolute Gasteiger partial charge is 0.251 e. The second-order valence-corrected chi connectivity index (χ2v) is 8.23. The van der Waals surface area contributed by atoms with Crippen molar-refractivity contribution in [1.29, 1.82) is 0 Å². The zero-order valence-corrected chi connectivity index (χ0v) is 17.1. The zero-order chi connectivity index (χ0) is 18.6. The molecule has 0 bridgehead atoms. The van der Waals surface area contributed by atoms with Crippen LogP contribution in [-0.2, 0) is 6.42 Å². The standard InChI is InChI=1S/C20H28N4O2.ClH/c1-20(2,3)12-17-23-18(24-26-17)15-5-4-6-16(11-15)19(25)22-10-8-14-7-9-21-13-14;/h4-6,11,14,21H,7-10,12-13H2,1-3H3,(H,22,25);1H. The summed E-state index contributed by atoms with van der Waals surface area (Å²) in [5.41, 5.74) is 1.50. The van der Waals surface area contributed by atoms with Crippen LogP contribution in [0.25, 0.3) is 11.4 Å². The molecule has 7 heteroatoms. The quantitative estimate of drug-likeness (QED) is 0.786. The maximum atomic E-state index is 12.4. The Bertz CT molecular complexity index is 748. The van der Waals surface area contributed by atoms with E-state index in [0.717, 1.165) is 31.5 Å². The third-order valence-corrected chi connectivity index (χ3v) is 4.53. The predicted molar refractivity (Wildman–Crippen MR) is 108 cm³/mol. The Balaban J connectivity index is 0.00000261. The van der Waals surface area contributed by atoms with Gasteiger partial charge < -0.3 is 15.2 Å². The molecule has 1 fully saturated rings. The average molecular weight is 393 g/mol. The van der Waals surface area contributed by atoms with Crippen molar-refractivity contribution < 1.29 is 9.32 Å². The molecule has 2 N–H and O–H groups in total. The lowest BCUT2D eigenvalue weighted by molar-refractivity contribution is 0.0951. The van der Waals surface area contributed by atoms with E-state index in [4.69, 9.17) is 4.52 Å². The molecule has 0 saturated carbocycles. The summed E-state index contributed by atoms with van der Waals surface area (Å²) in [6.07, 6.45) is 2.93. The van der Waals surface area contributed by atoms with Crippen molar-refractivity contribution in [2.24, 2.45) is 11.3 Å². The molecule has 1 atom stereocenters. The van der Waals surface area contributed by atoms with Crippen LogP contribution < -0.4 is 10.6 Å². The van der Waals surface area contributed by atoms with Crippen molar-refractivity contribution in [1.82, 2.24) is 20.8 Å². The Labute approximate surface area is 166 Å². The number of nitrogens with one attached hydrogen (secondary N) is 2. The highest BCUT2D eigenvalue weighted by atomic mass is 35.5. The number of benzene rings is 1. The first-order chi connectivity index (χ1) is 12.4. The molecule has 1 saturated heterocycles. The number of hydrogen-bond donors (Lipinski definition) is 2. The largest absolute Gasteiger partial charge is 0.352 e. The highest BCUT2D eigenvalue weighted by Gasteiger charge is 2.18. The molecule has 27 heavy (non-hydrogen) atoms. The van der Waals surface area contributed by atoms with Gasteiger partial charge >= 0.3 is 0 Å². The number of carbonyl (C=O) groups is 1. The van der Waals surface area contributed by atoms with Gasteiger partial charge in [0.2, 0.25) is 11.7 Å². The molecule has 1 aliphatic rings. The Kier molecular flexibility index (Phi) is 7.39. The van der Waals surface area contributed by atoms with Crippen molar-refractivity contribution in [3.63, 3.8) is 0 Å². The van der Waals surface area contributed by atoms with Crippen molar-refractivity contribution in [3.05, 3.63) is 35.7 Å². The van der Waals surface area contributed by atoms with E-state index in [0.29, 0.717) is 29.7 Å². The maximum Gasteiger partial charge on any atom is 0.251 e. The third-order valence-electron chi connectivity index (χ3n) is 4.53. The van der Waals surface area contributed by atoms with E-state index in [-0.39, 0.29) is 23.7 Å². The molecule has 1 aromatic heterocycles. The van der Waals surface area contributed by atoms with Crippen LogP contribution in [-0.4, -0.2) is 35.7 Å². The Morgan fingerprint density at radius 1 is 1.37 bits per heavy atom. The second-order valence-electron chi connectivity index (χ2n) is 8.23. The summed E-state index contributed by atoms with van der Waals surface area (Å²) >= 11 is 0. The van der Waals surface area contributed by atoms with Gasteiger partial charge in [0.1, 0.15) is 0 Å². The van der Waals surface area contributed by atoms with Gasteiger partial charge in [-0.1, -0.05) is 38.1 Å². The van der Waals surface area contributed by atoms with Gasteiger partial charge in [0.05, 0.1) is 0 Å². The van der Waals surface area contributed by atoms with Crippen molar-refractivity contribution in [3.8, 4) is 11.4 Å². The van der Waals surface area contributed by atoms with E-state index in [2.05, 4.69) is 41.5 Å². The van der Waals surface area contributed by atoms with Gasteiger partial charge in [-0.15, -0.1) is 12.4 Å². The summed E-state index contributed by atoms with van der Waals surface area (Å²) in [4.78, 5) is 16.9. The van der Waals surface area contributed by atoms with Crippen molar-refractivity contribution >= 4 is 18.3 Å². The molecular formula is C20H29ClN4O2. The molecular weight excluding hydrogens is 364 g/mol. The number of rotatable bonds is 6. The Hall–Kier alpha value is -1.92. The Morgan fingerprint density at radius 2 is 2.19 bits per heavy atom. The highest BCUT2D eigenvalue weighted by Crippen LogP contribution is 2.22. The molecule has 0 radical (unpaired) electrons. The van der Waals surface area contributed by atoms with Crippen LogP contribution >= 0.6 is 12.4 Å². The molecule has 1 aliphatic heterocycles. The molecule has 2 aromatic rings. The Morgan fingerprint density at radius 3 is 2.89 bits per heavy atom. The van der Waals surface area contributed by atoms with Gasteiger partial charge in [0.25, 0.3) is 5.91 Å². The van der Waals surface area contributed by atoms with E-state index in [1.165, 1.54) is 6.42 Å². The number of carbonyl (C=O) groups excluding carboxylic acids is 1. The van der Waals surface area contributed by atoms with E-state index in [9.17, 15) is 4.79 Å². The summed E-state index contributed by atoms with van der Waals surface area (Å²) in [5.74, 6) is 1.75. The molecule has 1 aromatic carbocycles. The molecule has 0 spiro atoms. The molecule has 1 amide bonds. The van der Waals surface area contributed by atoms with E-state index in [1.807, 2.05) is 24.3 Å². The summed E-state index contributed by atoms with van der Waals surface area (Å²) in [6.45, 7) is 9.23. The first-order valence-corrected chi connectivity index (χ1v) is 9.33. The molecule has 6 nitrogen and oxygen atoms in total. The van der Waals surface area contributed by atoms with Crippen LogP contribution in [0.3, 0.4) is 0 Å².